The van der Waals surface area contributed by atoms with Crippen molar-refractivity contribution in [3.63, 3.8) is 0 Å². The summed E-state index contributed by atoms with van der Waals surface area (Å²) in [5.41, 5.74) is 2.31. The summed E-state index contributed by atoms with van der Waals surface area (Å²) in [5, 5.41) is 4.55. The van der Waals surface area contributed by atoms with E-state index in [0.717, 1.165) is 12.0 Å². The van der Waals surface area contributed by atoms with Crippen LogP contribution in [0.15, 0.2) is 48.5 Å². The van der Waals surface area contributed by atoms with Crippen LogP contribution in [0, 0.1) is 18.6 Å². The summed E-state index contributed by atoms with van der Waals surface area (Å²) in [7, 11) is 0. The van der Waals surface area contributed by atoms with Crippen molar-refractivity contribution in [2.75, 3.05) is 13.1 Å². The van der Waals surface area contributed by atoms with Gasteiger partial charge in [0.15, 0.2) is 0 Å². The smallest absolute Gasteiger partial charge is 0.258 e. The van der Waals surface area contributed by atoms with Crippen molar-refractivity contribution < 1.29 is 13.6 Å². The maximum absolute atomic E-state index is 13.5. The molecule has 2 aromatic carbocycles. The van der Waals surface area contributed by atoms with Gasteiger partial charge in [0, 0.05) is 19.0 Å². The Bertz CT molecular complexity index is 1030. The maximum atomic E-state index is 13.5. The number of nitrogens with zero attached hydrogens (tertiary/aromatic N) is 3. The highest BCUT2D eigenvalue weighted by Crippen LogP contribution is 2.31. The van der Waals surface area contributed by atoms with Gasteiger partial charge in [-0.15, -0.1) is 0 Å². The molecule has 0 saturated carbocycles. The van der Waals surface area contributed by atoms with Crippen molar-refractivity contribution in [3.8, 4) is 5.69 Å². The molecular formula is C21H18ClF2N3O. The molecule has 1 aliphatic heterocycles. The van der Waals surface area contributed by atoms with Crippen LogP contribution in [0.25, 0.3) is 5.69 Å². The lowest BCUT2D eigenvalue weighted by atomic mass is 9.98. The molecular weight excluding hydrogens is 384 g/mol. The third kappa shape index (κ3) is 3.40. The fourth-order valence-corrected chi connectivity index (χ4v) is 3.98. The summed E-state index contributed by atoms with van der Waals surface area (Å²) >= 11 is 6.46. The lowest BCUT2D eigenvalue weighted by molar-refractivity contribution is 0.0790. The lowest BCUT2D eigenvalue weighted by Gasteiger charge is -2.17. The van der Waals surface area contributed by atoms with E-state index in [1.807, 2.05) is 6.07 Å². The van der Waals surface area contributed by atoms with Gasteiger partial charge in [0.25, 0.3) is 5.91 Å². The average molecular weight is 402 g/mol. The number of aryl methyl sites for hydroxylation is 1. The molecule has 0 N–H and O–H groups in total. The molecule has 3 aromatic rings. The minimum Gasteiger partial charge on any atom is -0.338 e. The first-order valence-electron chi connectivity index (χ1n) is 9.00. The van der Waals surface area contributed by atoms with Crippen molar-refractivity contribution in [2.24, 2.45) is 0 Å². The first kappa shape index (κ1) is 18.6. The second kappa shape index (κ2) is 7.36. The number of benzene rings is 2. The van der Waals surface area contributed by atoms with Crippen molar-refractivity contribution in [2.45, 2.75) is 19.3 Å². The summed E-state index contributed by atoms with van der Waals surface area (Å²) in [6.45, 7) is 2.79. The SMILES string of the molecule is Cc1nn(-c2ccc(F)cc2)c(Cl)c1C(=O)N1CC[C@H](c2cccc(F)c2)C1. The Balaban J connectivity index is 1.58. The van der Waals surface area contributed by atoms with Crippen LogP contribution in [-0.2, 0) is 0 Å². The lowest BCUT2D eigenvalue weighted by Crippen LogP contribution is -2.29. The molecule has 2 heterocycles. The molecule has 28 heavy (non-hydrogen) atoms. The molecule has 0 aliphatic carbocycles. The number of likely N-dealkylation sites (tertiary alicyclic amines) is 1. The van der Waals surface area contributed by atoms with Gasteiger partial charge in [-0.2, -0.15) is 5.10 Å². The van der Waals surface area contributed by atoms with E-state index in [4.69, 9.17) is 11.6 Å². The highest BCUT2D eigenvalue weighted by Gasteiger charge is 2.32. The predicted octanol–water partition coefficient (Wildman–Crippen LogP) is 4.74. The van der Waals surface area contributed by atoms with Gasteiger partial charge in [-0.25, -0.2) is 13.5 Å². The standard InChI is InChI=1S/C21H18ClF2N3O/c1-13-19(20(22)27(25-13)18-7-5-16(23)6-8-18)21(28)26-10-9-15(12-26)14-3-2-4-17(24)11-14/h2-8,11,15H,9-10,12H2,1H3/t15-/m0/s1. The summed E-state index contributed by atoms with van der Waals surface area (Å²) in [6, 6.07) is 12.2. The zero-order valence-corrected chi connectivity index (χ0v) is 16.0. The fourth-order valence-electron chi connectivity index (χ4n) is 3.63. The van der Waals surface area contributed by atoms with E-state index in [0.29, 0.717) is 30.0 Å². The van der Waals surface area contributed by atoms with Crippen molar-refractivity contribution in [1.29, 1.82) is 0 Å². The van der Waals surface area contributed by atoms with Gasteiger partial charge >= 0.3 is 0 Å². The fraction of sp³-hybridized carbons (Fsp3) is 0.238. The van der Waals surface area contributed by atoms with Gasteiger partial charge in [-0.3, -0.25) is 4.79 Å². The number of hydrogen-bond acceptors (Lipinski definition) is 2. The van der Waals surface area contributed by atoms with E-state index in [1.54, 1.807) is 30.0 Å². The average Bonchev–Trinajstić information content (AvgIpc) is 3.27. The maximum Gasteiger partial charge on any atom is 0.258 e. The Morgan fingerprint density at radius 3 is 2.61 bits per heavy atom. The van der Waals surface area contributed by atoms with Gasteiger partial charge in [0.05, 0.1) is 16.9 Å². The molecule has 1 amide bonds. The van der Waals surface area contributed by atoms with Gasteiger partial charge in [0.2, 0.25) is 0 Å². The van der Waals surface area contributed by atoms with Crippen molar-refractivity contribution in [3.05, 3.63) is 82.1 Å². The first-order chi connectivity index (χ1) is 13.4. The van der Waals surface area contributed by atoms with Crippen LogP contribution in [0.1, 0.15) is 34.0 Å². The Hall–Kier alpha value is -2.73. The molecule has 1 aromatic heterocycles. The molecule has 0 unspecified atom stereocenters. The third-order valence-corrected chi connectivity index (χ3v) is 5.43. The Labute approximate surface area is 166 Å². The molecule has 144 valence electrons. The minimum atomic E-state index is -0.361. The van der Waals surface area contributed by atoms with Gasteiger partial charge in [-0.05, 0) is 55.3 Å². The van der Waals surface area contributed by atoms with Gasteiger partial charge in [-0.1, -0.05) is 23.7 Å². The van der Waals surface area contributed by atoms with Gasteiger partial charge < -0.3 is 4.90 Å². The number of rotatable bonds is 3. The van der Waals surface area contributed by atoms with Crippen LogP contribution >= 0.6 is 11.6 Å². The second-order valence-corrected chi connectivity index (χ2v) is 7.29. The van der Waals surface area contributed by atoms with Crippen LogP contribution in [-0.4, -0.2) is 33.7 Å². The van der Waals surface area contributed by atoms with Crippen molar-refractivity contribution >= 4 is 17.5 Å². The van der Waals surface area contributed by atoms with Crippen LogP contribution in [0.2, 0.25) is 5.15 Å². The largest absolute Gasteiger partial charge is 0.338 e. The summed E-state index contributed by atoms with van der Waals surface area (Å²) in [6.07, 6.45) is 0.762. The molecule has 0 radical (unpaired) electrons. The van der Waals surface area contributed by atoms with Gasteiger partial charge in [0.1, 0.15) is 16.8 Å². The number of hydrogen-bond donors (Lipinski definition) is 0. The topological polar surface area (TPSA) is 38.1 Å². The zero-order chi connectivity index (χ0) is 19.8. The number of halogens is 3. The summed E-state index contributed by atoms with van der Waals surface area (Å²) < 4.78 is 28.1. The molecule has 1 saturated heterocycles. The molecule has 4 nitrogen and oxygen atoms in total. The molecule has 7 heteroatoms. The zero-order valence-electron chi connectivity index (χ0n) is 15.2. The van der Waals surface area contributed by atoms with Crippen molar-refractivity contribution in [1.82, 2.24) is 14.7 Å². The van der Waals surface area contributed by atoms with E-state index in [9.17, 15) is 13.6 Å². The van der Waals surface area contributed by atoms with E-state index in [1.165, 1.54) is 28.9 Å². The Kier molecular flexibility index (Phi) is 4.89. The number of aromatic nitrogens is 2. The Morgan fingerprint density at radius 1 is 1.14 bits per heavy atom. The van der Waals surface area contributed by atoms with E-state index in [2.05, 4.69) is 5.10 Å². The van der Waals surface area contributed by atoms with Crippen LogP contribution in [0.4, 0.5) is 8.78 Å². The monoisotopic (exact) mass is 401 g/mol. The quantitative estimate of drug-likeness (QED) is 0.635. The molecule has 1 atom stereocenters. The molecule has 0 bridgehead atoms. The first-order valence-corrected chi connectivity index (χ1v) is 9.37. The molecule has 1 aliphatic rings. The third-order valence-electron chi connectivity index (χ3n) is 5.08. The predicted molar refractivity (Wildman–Crippen MR) is 103 cm³/mol. The highest BCUT2D eigenvalue weighted by atomic mass is 35.5. The van der Waals surface area contributed by atoms with Crippen LogP contribution in [0.3, 0.4) is 0 Å². The second-order valence-electron chi connectivity index (χ2n) is 6.93. The molecule has 4 rings (SSSR count). The summed E-state index contributed by atoms with van der Waals surface area (Å²) in [5.74, 6) is -0.747. The Morgan fingerprint density at radius 2 is 1.89 bits per heavy atom. The number of amides is 1. The molecule has 0 spiro atoms. The highest BCUT2D eigenvalue weighted by molar-refractivity contribution is 6.33. The summed E-state index contributed by atoms with van der Waals surface area (Å²) in [4.78, 5) is 14.8. The van der Waals surface area contributed by atoms with E-state index in [-0.39, 0.29) is 28.6 Å². The normalized spacial score (nSPS) is 16.6. The van der Waals surface area contributed by atoms with Crippen LogP contribution in [0.5, 0.6) is 0 Å². The number of carbonyl (C=O) groups is 1. The molecule has 1 fully saturated rings. The number of carbonyl (C=O) groups excluding carboxylic acids is 1. The van der Waals surface area contributed by atoms with E-state index >= 15 is 0 Å². The van der Waals surface area contributed by atoms with E-state index < -0.39 is 0 Å². The van der Waals surface area contributed by atoms with Crippen LogP contribution < -0.4 is 0 Å². The minimum absolute atomic E-state index is 0.0888.